The van der Waals surface area contributed by atoms with Gasteiger partial charge < -0.3 is 16.2 Å². The van der Waals surface area contributed by atoms with Crippen LogP contribution in [0.15, 0.2) is 18.2 Å². The number of aromatic carboxylic acids is 1. The summed E-state index contributed by atoms with van der Waals surface area (Å²) in [4.78, 5) is 11.2. The summed E-state index contributed by atoms with van der Waals surface area (Å²) in [5.41, 5.74) is 7.35. The molecule has 1 aromatic carbocycles. The molecule has 2 fully saturated rings. The Bertz CT molecular complexity index is 467. The van der Waals surface area contributed by atoms with Gasteiger partial charge in [0, 0.05) is 11.7 Å². The molecule has 0 aliphatic heterocycles. The molecular formula is C14H18N2O2. The van der Waals surface area contributed by atoms with Gasteiger partial charge in [0.15, 0.2) is 0 Å². The number of carboxylic acids is 1. The van der Waals surface area contributed by atoms with E-state index in [4.69, 9.17) is 5.73 Å². The van der Waals surface area contributed by atoms with Gasteiger partial charge in [-0.15, -0.1) is 0 Å². The second-order valence-electron chi connectivity index (χ2n) is 5.46. The number of carboxylic acid groups (broad SMARTS) is 1. The van der Waals surface area contributed by atoms with Crippen LogP contribution >= 0.6 is 0 Å². The number of benzene rings is 1. The van der Waals surface area contributed by atoms with Gasteiger partial charge in [-0.3, -0.25) is 0 Å². The lowest BCUT2D eigenvalue weighted by Crippen LogP contribution is -2.25. The predicted octanol–water partition coefficient (Wildman–Crippen LogP) is 2.57. The van der Waals surface area contributed by atoms with Gasteiger partial charge in [0.25, 0.3) is 0 Å². The Hall–Kier alpha value is -1.71. The summed E-state index contributed by atoms with van der Waals surface area (Å²) in [5.74, 6) is 0.545. The van der Waals surface area contributed by atoms with Crippen LogP contribution in [0.25, 0.3) is 0 Å². The maximum Gasteiger partial charge on any atom is 0.337 e. The van der Waals surface area contributed by atoms with Crippen molar-refractivity contribution in [3.05, 3.63) is 23.8 Å². The summed E-state index contributed by atoms with van der Waals surface area (Å²) < 4.78 is 0. The van der Waals surface area contributed by atoms with E-state index in [2.05, 4.69) is 5.32 Å². The van der Waals surface area contributed by atoms with E-state index in [1.807, 2.05) is 0 Å². The smallest absolute Gasteiger partial charge is 0.337 e. The van der Waals surface area contributed by atoms with Gasteiger partial charge in [-0.25, -0.2) is 4.79 Å². The van der Waals surface area contributed by atoms with Crippen LogP contribution < -0.4 is 11.1 Å². The minimum absolute atomic E-state index is 0.315. The van der Waals surface area contributed by atoms with Crippen molar-refractivity contribution in [2.45, 2.75) is 31.7 Å². The van der Waals surface area contributed by atoms with Crippen molar-refractivity contribution in [1.82, 2.24) is 0 Å². The van der Waals surface area contributed by atoms with Crippen molar-refractivity contribution in [1.29, 1.82) is 0 Å². The average molecular weight is 246 g/mol. The first-order chi connectivity index (χ1) is 8.65. The maximum absolute atomic E-state index is 11.2. The molecule has 0 amide bonds. The van der Waals surface area contributed by atoms with Crippen LogP contribution in [0, 0.1) is 11.8 Å². The molecule has 4 nitrogen and oxygen atoms in total. The molecule has 96 valence electrons. The standard InChI is InChI=1S/C14H18N2O2/c15-10-5-6-11(14(17)18)12(7-10)16-13(8-1-2-8)9-3-4-9/h5-9,13,16H,1-4,15H2,(H,17,18). The fourth-order valence-corrected chi connectivity index (χ4v) is 2.58. The fraction of sp³-hybridized carbons (Fsp3) is 0.500. The molecule has 2 aliphatic carbocycles. The molecular weight excluding hydrogens is 228 g/mol. The van der Waals surface area contributed by atoms with E-state index in [-0.39, 0.29) is 0 Å². The van der Waals surface area contributed by atoms with Gasteiger partial charge in [-0.05, 0) is 55.7 Å². The van der Waals surface area contributed by atoms with Gasteiger partial charge in [0.05, 0.1) is 11.3 Å². The molecule has 0 saturated heterocycles. The van der Waals surface area contributed by atoms with Crippen LogP contribution in [0.2, 0.25) is 0 Å². The summed E-state index contributed by atoms with van der Waals surface area (Å²) in [5, 5.41) is 12.6. The van der Waals surface area contributed by atoms with E-state index in [0.717, 1.165) is 11.8 Å². The first-order valence-corrected chi connectivity index (χ1v) is 6.54. The molecule has 1 aromatic rings. The molecule has 18 heavy (non-hydrogen) atoms. The molecule has 0 unspecified atom stereocenters. The van der Waals surface area contributed by atoms with Crippen LogP contribution in [0.3, 0.4) is 0 Å². The Balaban J connectivity index is 1.85. The van der Waals surface area contributed by atoms with Crippen LogP contribution in [0.1, 0.15) is 36.0 Å². The molecule has 0 heterocycles. The molecule has 0 spiro atoms. The predicted molar refractivity (Wildman–Crippen MR) is 70.7 cm³/mol. The topological polar surface area (TPSA) is 75.4 Å². The summed E-state index contributed by atoms with van der Waals surface area (Å²) >= 11 is 0. The highest BCUT2D eigenvalue weighted by atomic mass is 16.4. The van der Waals surface area contributed by atoms with Crippen LogP contribution in [-0.4, -0.2) is 17.1 Å². The number of rotatable bonds is 5. The number of nitrogen functional groups attached to an aromatic ring is 1. The summed E-state index contributed by atoms with van der Waals surface area (Å²) in [6, 6.07) is 5.39. The number of hydrogen-bond acceptors (Lipinski definition) is 3. The molecule has 0 radical (unpaired) electrons. The van der Waals surface area contributed by atoms with Gasteiger partial charge >= 0.3 is 5.97 Å². The van der Waals surface area contributed by atoms with E-state index in [1.165, 1.54) is 25.7 Å². The monoisotopic (exact) mass is 246 g/mol. The first kappa shape index (κ1) is 11.4. The van der Waals surface area contributed by atoms with Crippen molar-refractivity contribution in [3.63, 3.8) is 0 Å². The van der Waals surface area contributed by atoms with E-state index >= 15 is 0 Å². The highest BCUT2D eigenvalue weighted by Gasteiger charge is 2.41. The van der Waals surface area contributed by atoms with Crippen molar-refractivity contribution < 1.29 is 9.90 Å². The van der Waals surface area contributed by atoms with E-state index < -0.39 is 5.97 Å². The zero-order valence-electron chi connectivity index (χ0n) is 10.2. The van der Waals surface area contributed by atoms with E-state index in [0.29, 0.717) is 23.0 Å². The fourth-order valence-electron chi connectivity index (χ4n) is 2.58. The highest BCUT2D eigenvalue weighted by molar-refractivity contribution is 5.95. The second kappa shape index (κ2) is 4.19. The van der Waals surface area contributed by atoms with Gasteiger partial charge in [0.2, 0.25) is 0 Å². The Morgan fingerprint density at radius 1 is 1.28 bits per heavy atom. The molecule has 4 N–H and O–H groups in total. The van der Waals surface area contributed by atoms with Crippen molar-refractivity contribution in [3.8, 4) is 0 Å². The Morgan fingerprint density at radius 2 is 1.89 bits per heavy atom. The second-order valence-corrected chi connectivity index (χ2v) is 5.46. The Morgan fingerprint density at radius 3 is 2.39 bits per heavy atom. The SMILES string of the molecule is Nc1ccc(C(=O)O)c(NC(C2CC2)C2CC2)c1. The molecule has 0 aromatic heterocycles. The molecule has 0 atom stereocenters. The maximum atomic E-state index is 11.2. The number of carbonyl (C=O) groups is 1. The lowest BCUT2D eigenvalue weighted by Gasteiger charge is -2.20. The van der Waals surface area contributed by atoms with E-state index in [1.54, 1.807) is 18.2 Å². The quantitative estimate of drug-likeness (QED) is 0.698. The number of nitrogens with one attached hydrogen (secondary N) is 1. The lowest BCUT2D eigenvalue weighted by molar-refractivity contribution is 0.0698. The van der Waals surface area contributed by atoms with Crippen molar-refractivity contribution >= 4 is 17.3 Å². The number of hydrogen-bond donors (Lipinski definition) is 3. The van der Waals surface area contributed by atoms with Gasteiger partial charge in [0.1, 0.15) is 0 Å². The Labute approximate surface area is 106 Å². The minimum Gasteiger partial charge on any atom is -0.478 e. The van der Waals surface area contributed by atoms with Gasteiger partial charge in [-0.2, -0.15) is 0 Å². The summed E-state index contributed by atoms with van der Waals surface area (Å²) in [6.45, 7) is 0. The molecule has 0 bridgehead atoms. The number of nitrogens with two attached hydrogens (primary N) is 1. The van der Waals surface area contributed by atoms with E-state index in [9.17, 15) is 9.90 Å². The largest absolute Gasteiger partial charge is 0.478 e. The summed E-state index contributed by atoms with van der Waals surface area (Å²) in [6.07, 6.45) is 5.05. The Kier molecular flexibility index (Phi) is 2.65. The molecule has 2 saturated carbocycles. The molecule has 4 heteroatoms. The third-order valence-electron chi connectivity index (χ3n) is 3.86. The minimum atomic E-state index is -0.900. The van der Waals surface area contributed by atoms with Crippen molar-refractivity contribution in [2.75, 3.05) is 11.1 Å². The van der Waals surface area contributed by atoms with Crippen LogP contribution in [-0.2, 0) is 0 Å². The molecule has 2 aliphatic rings. The zero-order chi connectivity index (χ0) is 12.7. The molecule has 3 rings (SSSR count). The zero-order valence-corrected chi connectivity index (χ0v) is 10.2. The van der Waals surface area contributed by atoms with Crippen LogP contribution in [0.5, 0.6) is 0 Å². The van der Waals surface area contributed by atoms with Crippen molar-refractivity contribution in [2.24, 2.45) is 11.8 Å². The van der Waals surface area contributed by atoms with Gasteiger partial charge in [-0.1, -0.05) is 0 Å². The summed E-state index contributed by atoms with van der Waals surface area (Å²) in [7, 11) is 0. The average Bonchev–Trinajstić information content (AvgIpc) is 3.17. The third-order valence-corrected chi connectivity index (χ3v) is 3.86. The lowest BCUT2D eigenvalue weighted by atomic mass is 10.1. The third kappa shape index (κ3) is 2.28. The highest BCUT2D eigenvalue weighted by Crippen LogP contribution is 2.46. The normalized spacial score (nSPS) is 18.9. The number of anilines is 2. The van der Waals surface area contributed by atoms with Crippen LogP contribution in [0.4, 0.5) is 11.4 Å². The first-order valence-electron chi connectivity index (χ1n) is 6.54.